The lowest BCUT2D eigenvalue weighted by Crippen LogP contribution is -2.43. The summed E-state index contributed by atoms with van der Waals surface area (Å²) in [6.45, 7) is 4.00. The van der Waals surface area contributed by atoms with Crippen LogP contribution in [-0.4, -0.2) is 48.4 Å². The quantitative estimate of drug-likeness (QED) is 0.516. The molecule has 0 radical (unpaired) electrons. The number of fused-ring (bicyclic) bond motifs is 5. The minimum Gasteiger partial charge on any atom is -0.493 e. The van der Waals surface area contributed by atoms with Gasteiger partial charge in [-0.15, -0.1) is 0 Å². The molecule has 2 fully saturated rings. The summed E-state index contributed by atoms with van der Waals surface area (Å²) in [4.78, 5) is 24.3. The third kappa shape index (κ3) is 5.30. The van der Waals surface area contributed by atoms with Crippen LogP contribution in [0.15, 0.2) is 29.1 Å². The Labute approximate surface area is 241 Å². The second-order valence-electron chi connectivity index (χ2n) is 11.6. The van der Waals surface area contributed by atoms with Crippen molar-refractivity contribution in [1.29, 1.82) is 0 Å². The van der Waals surface area contributed by atoms with Gasteiger partial charge in [-0.1, -0.05) is 19.9 Å². The number of methoxy groups -OCH3 is 4. The molecule has 0 aliphatic heterocycles. The van der Waals surface area contributed by atoms with Gasteiger partial charge in [0.15, 0.2) is 17.2 Å². The Hall–Kier alpha value is -3.15. The smallest absolute Gasteiger partial charge is 0.220 e. The van der Waals surface area contributed by atoms with Gasteiger partial charge in [0.25, 0.3) is 0 Å². The largest absolute Gasteiger partial charge is 0.493 e. The molecule has 0 aromatic heterocycles. The van der Waals surface area contributed by atoms with Crippen LogP contribution in [0.1, 0.15) is 56.7 Å². The van der Waals surface area contributed by atoms with Crippen molar-refractivity contribution < 1.29 is 32.2 Å². The number of carbonyl (C=O) groups excluding carboxylic acids is 1. The number of carbonyl (C=O) groups is 1. The first-order valence-electron chi connectivity index (χ1n) is 13.6. The molecule has 5 rings (SSSR count). The van der Waals surface area contributed by atoms with E-state index in [0.717, 1.165) is 35.1 Å². The Morgan fingerprint density at radius 3 is 2.10 bits per heavy atom. The molecule has 0 saturated heterocycles. The lowest BCUT2D eigenvalue weighted by atomic mass is 9.70. The van der Waals surface area contributed by atoms with Gasteiger partial charge in [0.05, 0.1) is 34.2 Å². The van der Waals surface area contributed by atoms with E-state index in [1.165, 1.54) is 7.11 Å². The summed E-state index contributed by atoms with van der Waals surface area (Å²) in [5.74, 6) is 2.20. The molecule has 0 heterocycles. The number of primary sulfonamides is 1. The minimum absolute atomic E-state index is 0.0952. The molecule has 2 bridgehead atoms. The highest BCUT2D eigenvalue weighted by molar-refractivity contribution is 7.89. The van der Waals surface area contributed by atoms with Gasteiger partial charge in [0.1, 0.15) is 5.78 Å². The average molecular weight is 589 g/mol. The van der Waals surface area contributed by atoms with Crippen molar-refractivity contribution in [3.05, 3.63) is 45.6 Å². The number of benzene rings is 1. The predicted molar refractivity (Wildman–Crippen MR) is 156 cm³/mol. The third-order valence-corrected chi connectivity index (χ3v) is 10.2. The summed E-state index contributed by atoms with van der Waals surface area (Å²) in [5, 5.41) is 5.10. The Kier molecular flexibility index (Phi) is 8.46. The van der Waals surface area contributed by atoms with Gasteiger partial charge in [-0.2, -0.15) is 0 Å². The van der Waals surface area contributed by atoms with Crippen LogP contribution in [0, 0.1) is 16.7 Å². The zero-order valence-corrected chi connectivity index (χ0v) is 25.4. The van der Waals surface area contributed by atoms with Crippen LogP contribution in [0.2, 0.25) is 0 Å². The highest BCUT2D eigenvalue weighted by Gasteiger charge is 2.65. The maximum atomic E-state index is 12.4. The highest BCUT2D eigenvalue weighted by atomic mass is 32.2. The van der Waals surface area contributed by atoms with Gasteiger partial charge in [0, 0.05) is 23.4 Å². The molecule has 3 atom stereocenters. The van der Waals surface area contributed by atoms with Crippen molar-refractivity contribution in [2.45, 2.75) is 52.0 Å². The van der Waals surface area contributed by atoms with Crippen molar-refractivity contribution in [2.24, 2.45) is 27.6 Å². The van der Waals surface area contributed by atoms with Gasteiger partial charge in [-0.05, 0) is 71.9 Å². The number of sulfonamides is 1. The van der Waals surface area contributed by atoms with Gasteiger partial charge >= 0.3 is 0 Å². The number of hydrogen-bond acceptors (Lipinski definition) is 9. The number of nitrogens with two attached hydrogens (primary N) is 2. The maximum absolute atomic E-state index is 12.4. The second kappa shape index (κ2) is 11.3. The van der Waals surface area contributed by atoms with Crippen LogP contribution in [0.3, 0.4) is 0 Å². The molecule has 2 aromatic rings. The molecule has 3 aliphatic rings. The molecule has 41 heavy (non-hydrogen) atoms. The SMILES string of the molecule is CC1(C)[C@H]2CC[C@@]1(CS(N)(=O)=O)C(=O)C2.COc1cc2c(c(OC)c1OC)-c1ccc(OC)c(=O)cc1[C@@H](N)CC2. The Morgan fingerprint density at radius 2 is 1.59 bits per heavy atom. The van der Waals surface area contributed by atoms with E-state index in [2.05, 4.69) is 0 Å². The molecule has 0 spiro atoms. The summed E-state index contributed by atoms with van der Waals surface area (Å²) in [6.07, 6.45) is 3.60. The van der Waals surface area contributed by atoms with Crippen LogP contribution in [0.5, 0.6) is 23.0 Å². The minimum atomic E-state index is -3.58. The fourth-order valence-corrected chi connectivity index (χ4v) is 8.31. The zero-order valence-electron chi connectivity index (χ0n) is 24.5. The van der Waals surface area contributed by atoms with E-state index in [4.69, 9.17) is 29.8 Å². The monoisotopic (exact) mass is 588 g/mol. The van der Waals surface area contributed by atoms with Crippen molar-refractivity contribution in [2.75, 3.05) is 34.2 Å². The lowest BCUT2D eigenvalue weighted by molar-refractivity contribution is -0.128. The molecule has 10 nitrogen and oxygen atoms in total. The van der Waals surface area contributed by atoms with Crippen molar-refractivity contribution in [1.82, 2.24) is 0 Å². The zero-order chi connectivity index (χ0) is 30.3. The molecule has 2 aromatic carbocycles. The molecule has 2 saturated carbocycles. The standard InChI is InChI=1S/C20H23NO5.C10H17NO3S/c1-23-16-8-6-12-13(10-15(16)22)14(21)7-5-11-9-17(24-2)19(25-3)20(26-4)18(11)12;1-9(2)7-3-4-10(9,8(12)5-7)6-15(11,13)14/h6,8-10,14H,5,7,21H2,1-4H3;7H,3-6H2,1-2H3,(H2,11,13,14)/t14-;7-,10+/m00/s1. The van der Waals surface area contributed by atoms with E-state index in [9.17, 15) is 18.0 Å². The Morgan fingerprint density at radius 1 is 0.927 bits per heavy atom. The summed E-state index contributed by atoms with van der Waals surface area (Å²) >= 11 is 0. The first-order chi connectivity index (χ1) is 19.2. The number of hydrogen-bond donors (Lipinski definition) is 2. The van der Waals surface area contributed by atoms with Crippen LogP contribution >= 0.6 is 0 Å². The van der Waals surface area contributed by atoms with Crippen molar-refractivity contribution >= 4 is 15.8 Å². The molecule has 0 unspecified atom stereocenters. The van der Waals surface area contributed by atoms with Crippen molar-refractivity contribution in [3.63, 3.8) is 0 Å². The number of rotatable bonds is 6. The highest BCUT2D eigenvalue weighted by Crippen LogP contribution is 2.64. The van der Waals surface area contributed by atoms with E-state index < -0.39 is 15.4 Å². The molecule has 0 amide bonds. The van der Waals surface area contributed by atoms with Crippen molar-refractivity contribution in [3.8, 4) is 34.1 Å². The Bertz CT molecular complexity index is 1520. The molecular formula is C30H40N2O8S. The molecule has 3 aliphatic carbocycles. The number of ketones is 1. The van der Waals surface area contributed by atoms with E-state index in [1.807, 2.05) is 26.0 Å². The topological polar surface area (TPSA) is 157 Å². The lowest BCUT2D eigenvalue weighted by Gasteiger charge is -2.35. The number of Topliss-reactive ketones (excluding diaryl/α,β-unsaturated/α-hetero) is 1. The number of ether oxygens (including phenoxy) is 4. The van der Waals surface area contributed by atoms with Gasteiger partial charge in [0.2, 0.25) is 21.2 Å². The van der Waals surface area contributed by atoms with Gasteiger partial charge < -0.3 is 24.7 Å². The summed E-state index contributed by atoms with van der Waals surface area (Å²) in [7, 11) is 2.65. The fraction of sp³-hybridized carbons (Fsp3) is 0.533. The van der Waals surface area contributed by atoms with E-state index in [0.29, 0.717) is 42.4 Å². The van der Waals surface area contributed by atoms with E-state index in [1.54, 1.807) is 33.5 Å². The van der Waals surface area contributed by atoms with E-state index >= 15 is 0 Å². The predicted octanol–water partition coefficient (Wildman–Crippen LogP) is 3.36. The normalized spacial score (nSPS) is 23.9. The second-order valence-corrected chi connectivity index (χ2v) is 13.2. The summed E-state index contributed by atoms with van der Waals surface area (Å²) in [5.41, 5.74) is 8.78. The maximum Gasteiger partial charge on any atom is 0.220 e. The fourth-order valence-electron chi connectivity index (χ4n) is 6.95. The van der Waals surface area contributed by atoms with Crippen LogP contribution < -0.4 is 35.2 Å². The summed E-state index contributed by atoms with van der Waals surface area (Å²) in [6, 6.07) is 6.75. The number of aryl methyl sites for hydroxylation is 1. The first-order valence-corrected chi connectivity index (χ1v) is 15.3. The Balaban J connectivity index is 0.000000218. The molecule has 4 N–H and O–H groups in total. The van der Waals surface area contributed by atoms with Crippen LogP contribution in [0.25, 0.3) is 11.1 Å². The third-order valence-electron chi connectivity index (χ3n) is 9.35. The molecule has 11 heteroatoms. The molecular weight excluding hydrogens is 548 g/mol. The van der Waals surface area contributed by atoms with Crippen LogP contribution in [-0.2, 0) is 21.2 Å². The van der Waals surface area contributed by atoms with Gasteiger partial charge in [-0.25, -0.2) is 13.6 Å². The summed E-state index contributed by atoms with van der Waals surface area (Å²) < 4.78 is 44.3. The van der Waals surface area contributed by atoms with E-state index in [-0.39, 0.29) is 34.2 Å². The average Bonchev–Trinajstić information content (AvgIpc) is 3.10. The first kappa shape index (κ1) is 30.8. The molecule has 224 valence electrons. The van der Waals surface area contributed by atoms with Gasteiger partial charge in [-0.3, -0.25) is 9.59 Å². The van der Waals surface area contributed by atoms with Crippen LogP contribution in [0.4, 0.5) is 0 Å².